The van der Waals surface area contributed by atoms with Gasteiger partial charge in [0.15, 0.2) is 5.65 Å². The second-order valence-corrected chi connectivity index (χ2v) is 5.45. The van der Waals surface area contributed by atoms with E-state index in [1.807, 2.05) is 29.9 Å². The van der Waals surface area contributed by atoms with Gasteiger partial charge < -0.3 is 10.4 Å². The first-order valence-electron chi connectivity index (χ1n) is 6.93. The van der Waals surface area contributed by atoms with Gasteiger partial charge in [0.05, 0.1) is 11.8 Å². The van der Waals surface area contributed by atoms with Gasteiger partial charge in [0, 0.05) is 36.6 Å². The van der Waals surface area contributed by atoms with Crippen LogP contribution in [0, 0.1) is 6.92 Å². The number of nitrogens with one attached hydrogen (secondary N) is 1. The largest absolute Gasteiger partial charge is 0.393 e. The Morgan fingerprint density at radius 1 is 1.47 bits per heavy atom. The number of nitrogens with zero attached hydrogens (tertiary/aromatic N) is 3. The standard InChI is InChI=1S/C14H20N4O/c1-10-5-14-16-8-11(9-18(14)17-10)7-15-12-3-2-4-13(19)6-12/h5,8-9,12-13,15,19H,2-4,6-7H2,1H3. The Hall–Kier alpha value is -1.46. The van der Waals surface area contributed by atoms with Crippen LogP contribution in [0.15, 0.2) is 18.5 Å². The van der Waals surface area contributed by atoms with Gasteiger partial charge in [-0.2, -0.15) is 5.10 Å². The topological polar surface area (TPSA) is 62.5 Å². The van der Waals surface area contributed by atoms with E-state index in [1.54, 1.807) is 0 Å². The molecule has 0 spiro atoms. The molecule has 0 radical (unpaired) electrons. The second-order valence-electron chi connectivity index (χ2n) is 5.45. The zero-order valence-corrected chi connectivity index (χ0v) is 11.2. The van der Waals surface area contributed by atoms with Crippen molar-refractivity contribution in [2.45, 2.75) is 51.3 Å². The molecule has 1 fully saturated rings. The van der Waals surface area contributed by atoms with Crippen molar-refractivity contribution in [1.82, 2.24) is 19.9 Å². The van der Waals surface area contributed by atoms with Gasteiger partial charge in [-0.3, -0.25) is 0 Å². The Morgan fingerprint density at radius 2 is 2.37 bits per heavy atom. The smallest absolute Gasteiger partial charge is 0.155 e. The van der Waals surface area contributed by atoms with Crippen molar-refractivity contribution in [3.8, 4) is 0 Å². The first-order valence-corrected chi connectivity index (χ1v) is 6.93. The fraction of sp³-hybridized carbons (Fsp3) is 0.571. The van der Waals surface area contributed by atoms with Gasteiger partial charge in [-0.25, -0.2) is 9.50 Å². The molecule has 2 N–H and O–H groups in total. The number of aryl methyl sites for hydroxylation is 1. The van der Waals surface area contributed by atoms with E-state index in [0.29, 0.717) is 6.04 Å². The average Bonchev–Trinajstić information content (AvgIpc) is 2.75. The van der Waals surface area contributed by atoms with Crippen molar-refractivity contribution in [3.63, 3.8) is 0 Å². The highest BCUT2D eigenvalue weighted by Crippen LogP contribution is 2.18. The van der Waals surface area contributed by atoms with Crippen molar-refractivity contribution < 1.29 is 5.11 Å². The van der Waals surface area contributed by atoms with Crippen LogP contribution < -0.4 is 5.32 Å². The molecule has 0 saturated heterocycles. The van der Waals surface area contributed by atoms with Crippen LogP contribution in [0.5, 0.6) is 0 Å². The fourth-order valence-corrected chi connectivity index (χ4v) is 2.74. The van der Waals surface area contributed by atoms with Crippen LogP contribution in [-0.2, 0) is 6.54 Å². The van der Waals surface area contributed by atoms with Gasteiger partial charge in [0.25, 0.3) is 0 Å². The van der Waals surface area contributed by atoms with E-state index in [1.165, 1.54) is 0 Å². The SMILES string of the molecule is Cc1cc2ncc(CNC3CCCC(O)C3)cn2n1. The summed E-state index contributed by atoms with van der Waals surface area (Å²) in [5, 5.41) is 17.5. The first kappa shape index (κ1) is 12.6. The van der Waals surface area contributed by atoms with Crippen LogP contribution in [0.25, 0.3) is 5.65 Å². The van der Waals surface area contributed by atoms with Crippen LogP contribution in [0.4, 0.5) is 0 Å². The molecule has 2 heterocycles. The summed E-state index contributed by atoms with van der Waals surface area (Å²) in [4.78, 5) is 4.39. The van der Waals surface area contributed by atoms with Crippen molar-refractivity contribution in [2.24, 2.45) is 0 Å². The van der Waals surface area contributed by atoms with Gasteiger partial charge >= 0.3 is 0 Å². The minimum absolute atomic E-state index is 0.138. The number of aliphatic hydroxyl groups excluding tert-OH is 1. The predicted molar refractivity (Wildman–Crippen MR) is 72.8 cm³/mol. The highest BCUT2D eigenvalue weighted by Gasteiger charge is 2.19. The Labute approximate surface area is 112 Å². The van der Waals surface area contributed by atoms with Crippen LogP contribution in [0.3, 0.4) is 0 Å². The van der Waals surface area contributed by atoms with Gasteiger partial charge in [0.1, 0.15) is 0 Å². The molecule has 0 aliphatic heterocycles. The minimum atomic E-state index is -0.138. The maximum Gasteiger partial charge on any atom is 0.155 e. The molecule has 0 aromatic carbocycles. The van der Waals surface area contributed by atoms with Crippen LogP contribution >= 0.6 is 0 Å². The third kappa shape index (κ3) is 2.93. The Bertz CT molecular complexity index is 566. The summed E-state index contributed by atoms with van der Waals surface area (Å²) in [7, 11) is 0. The molecular weight excluding hydrogens is 240 g/mol. The molecule has 2 atom stereocenters. The van der Waals surface area contributed by atoms with Crippen LogP contribution in [-0.4, -0.2) is 31.9 Å². The monoisotopic (exact) mass is 260 g/mol. The van der Waals surface area contributed by atoms with Crippen LogP contribution in [0.1, 0.15) is 36.9 Å². The molecule has 0 amide bonds. The predicted octanol–water partition coefficient (Wildman–Crippen LogP) is 1.43. The van der Waals surface area contributed by atoms with E-state index in [2.05, 4.69) is 15.4 Å². The maximum absolute atomic E-state index is 9.65. The summed E-state index contributed by atoms with van der Waals surface area (Å²) in [6.45, 7) is 2.75. The van der Waals surface area contributed by atoms with E-state index >= 15 is 0 Å². The third-order valence-electron chi connectivity index (χ3n) is 3.73. The third-order valence-corrected chi connectivity index (χ3v) is 3.73. The van der Waals surface area contributed by atoms with Crippen molar-refractivity contribution in [3.05, 3.63) is 29.7 Å². The van der Waals surface area contributed by atoms with Gasteiger partial charge in [-0.05, 0) is 32.6 Å². The van der Waals surface area contributed by atoms with Crippen molar-refractivity contribution >= 4 is 5.65 Å². The number of fused-ring (bicyclic) bond motifs is 1. The van der Waals surface area contributed by atoms with E-state index in [9.17, 15) is 5.11 Å². The lowest BCUT2D eigenvalue weighted by Crippen LogP contribution is -2.35. The summed E-state index contributed by atoms with van der Waals surface area (Å²) in [6.07, 6.45) is 7.82. The molecule has 102 valence electrons. The Balaban J connectivity index is 1.64. The van der Waals surface area contributed by atoms with E-state index in [4.69, 9.17) is 0 Å². The number of aromatic nitrogens is 3. The quantitative estimate of drug-likeness (QED) is 0.876. The lowest BCUT2D eigenvalue weighted by molar-refractivity contribution is 0.111. The number of aliphatic hydroxyl groups is 1. The lowest BCUT2D eigenvalue weighted by Gasteiger charge is -2.26. The van der Waals surface area contributed by atoms with Gasteiger partial charge in [-0.1, -0.05) is 0 Å². The normalized spacial score (nSPS) is 23.9. The molecule has 0 bridgehead atoms. The minimum Gasteiger partial charge on any atom is -0.393 e. The Morgan fingerprint density at radius 3 is 3.21 bits per heavy atom. The summed E-state index contributed by atoms with van der Waals surface area (Å²) in [5.41, 5.74) is 2.98. The molecule has 1 aliphatic carbocycles. The molecule has 5 nitrogen and oxygen atoms in total. The average molecular weight is 260 g/mol. The van der Waals surface area contributed by atoms with Crippen LogP contribution in [0.2, 0.25) is 0 Å². The molecule has 3 rings (SSSR count). The van der Waals surface area contributed by atoms with E-state index < -0.39 is 0 Å². The molecule has 2 unspecified atom stereocenters. The van der Waals surface area contributed by atoms with Crippen molar-refractivity contribution in [2.75, 3.05) is 0 Å². The zero-order chi connectivity index (χ0) is 13.2. The van der Waals surface area contributed by atoms with E-state index in [-0.39, 0.29) is 6.10 Å². The molecule has 2 aromatic heterocycles. The Kier molecular flexibility index (Phi) is 3.48. The van der Waals surface area contributed by atoms with Crippen molar-refractivity contribution in [1.29, 1.82) is 0 Å². The van der Waals surface area contributed by atoms with Gasteiger partial charge in [0.2, 0.25) is 0 Å². The van der Waals surface area contributed by atoms with E-state index in [0.717, 1.165) is 49.1 Å². The molecule has 2 aromatic rings. The number of rotatable bonds is 3. The highest BCUT2D eigenvalue weighted by atomic mass is 16.3. The fourth-order valence-electron chi connectivity index (χ4n) is 2.74. The number of hydrogen-bond donors (Lipinski definition) is 2. The molecule has 5 heteroatoms. The zero-order valence-electron chi connectivity index (χ0n) is 11.2. The second kappa shape index (κ2) is 5.27. The summed E-state index contributed by atoms with van der Waals surface area (Å²) >= 11 is 0. The van der Waals surface area contributed by atoms with Gasteiger partial charge in [-0.15, -0.1) is 0 Å². The highest BCUT2D eigenvalue weighted by molar-refractivity contribution is 5.38. The first-order chi connectivity index (χ1) is 9.20. The molecule has 19 heavy (non-hydrogen) atoms. The lowest BCUT2D eigenvalue weighted by atomic mass is 9.93. The summed E-state index contributed by atoms with van der Waals surface area (Å²) in [6, 6.07) is 2.38. The summed E-state index contributed by atoms with van der Waals surface area (Å²) in [5.74, 6) is 0. The number of hydrogen-bond acceptors (Lipinski definition) is 4. The molecular formula is C14H20N4O. The summed E-state index contributed by atoms with van der Waals surface area (Å²) < 4.78 is 1.82. The maximum atomic E-state index is 9.65. The molecule has 1 aliphatic rings. The molecule has 1 saturated carbocycles.